The summed E-state index contributed by atoms with van der Waals surface area (Å²) >= 11 is 0. The SMILES string of the molecule is COC(=O)c1cnc(N(C)C2CC2)cn1. The molecular weight excluding hydrogens is 194 g/mol. The second-order valence-electron chi connectivity index (χ2n) is 3.59. The van der Waals surface area contributed by atoms with Gasteiger partial charge in [0.15, 0.2) is 5.69 Å². The standard InChI is InChI=1S/C10H13N3O2/c1-13(7-3-4-7)9-6-11-8(5-12-9)10(14)15-2/h5-7H,3-4H2,1-2H3. The molecule has 1 aromatic heterocycles. The van der Waals surface area contributed by atoms with Crippen molar-refractivity contribution in [2.75, 3.05) is 19.1 Å². The average molecular weight is 207 g/mol. The molecule has 1 heterocycles. The molecule has 0 N–H and O–H groups in total. The Bertz CT molecular complexity index is 359. The third-order valence-electron chi connectivity index (χ3n) is 2.49. The molecule has 1 fully saturated rings. The molecule has 0 aromatic carbocycles. The highest BCUT2D eigenvalue weighted by molar-refractivity contribution is 5.86. The van der Waals surface area contributed by atoms with E-state index in [9.17, 15) is 4.79 Å². The Morgan fingerprint density at radius 2 is 2.20 bits per heavy atom. The second kappa shape index (κ2) is 3.84. The van der Waals surface area contributed by atoms with E-state index in [0.717, 1.165) is 5.82 Å². The van der Waals surface area contributed by atoms with Gasteiger partial charge in [-0.3, -0.25) is 0 Å². The number of esters is 1. The van der Waals surface area contributed by atoms with Crippen LogP contribution < -0.4 is 4.90 Å². The fourth-order valence-corrected chi connectivity index (χ4v) is 1.36. The summed E-state index contributed by atoms with van der Waals surface area (Å²) in [6.07, 6.45) is 5.46. The molecule has 0 atom stereocenters. The van der Waals surface area contributed by atoms with Gasteiger partial charge in [0.2, 0.25) is 0 Å². The van der Waals surface area contributed by atoms with Gasteiger partial charge in [-0.25, -0.2) is 14.8 Å². The van der Waals surface area contributed by atoms with Crippen LogP contribution >= 0.6 is 0 Å². The van der Waals surface area contributed by atoms with E-state index in [1.54, 1.807) is 6.20 Å². The van der Waals surface area contributed by atoms with Crippen LogP contribution in [0.1, 0.15) is 23.3 Å². The highest BCUT2D eigenvalue weighted by atomic mass is 16.5. The topological polar surface area (TPSA) is 55.3 Å². The Hall–Kier alpha value is -1.65. The zero-order chi connectivity index (χ0) is 10.8. The van der Waals surface area contributed by atoms with Crippen LogP contribution in [0.3, 0.4) is 0 Å². The Morgan fingerprint density at radius 3 is 2.67 bits per heavy atom. The van der Waals surface area contributed by atoms with Gasteiger partial charge in [-0.15, -0.1) is 0 Å². The molecule has 0 spiro atoms. The van der Waals surface area contributed by atoms with Crippen LogP contribution in [0.15, 0.2) is 12.4 Å². The first kappa shape index (κ1) is 9.89. The van der Waals surface area contributed by atoms with E-state index >= 15 is 0 Å². The number of carbonyl (C=O) groups is 1. The number of hydrogen-bond donors (Lipinski definition) is 0. The average Bonchev–Trinajstić information content (AvgIpc) is 3.11. The quantitative estimate of drug-likeness (QED) is 0.688. The maximum Gasteiger partial charge on any atom is 0.358 e. The summed E-state index contributed by atoms with van der Waals surface area (Å²) < 4.78 is 4.54. The molecule has 0 radical (unpaired) electrons. The van der Waals surface area contributed by atoms with Crippen molar-refractivity contribution in [3.8, 4) is 0 Å². The highest BCUT2D eigenvalue weighted by Crippen LogP contribution is 2.28. The summed E-state index contributed by atoms with van der Waals surface area (Å²) in [5, 5.41) is 0. The van der Waals surface area contributed by atoms with E-state index in [1.807, 2.05) is 7.05 Å². The minimum Gasteiger partial charge on any atom is -0.464 e. The predicted molar refractivity (Wildman–Crippen MR) is 54.8 cm³/mol. The zero-order valence-corrected chi connectivity index (χ0v) is 8.80. The normalized spacial score (nSPS) is 14.8. The number of hydrogen-bond acceptors (Lipinski definition) is 5. The number of carbonyl (C=O) groups excluding carboxylic acids is 1. The van der Waals surface area contributed by atoms with Gasteiger partial charge in [0, 0.05) is 13.1 Å². The van der Waals surface area contributed by atoms with E-state index in [2.05, 4.69) is 19.6 Å². The molecule has 0 aliphatic heterocycles. The summed E-state index contributed by atoms with van der Waals surface area (Å²) in [5.74, 6) is 0.341. The smallest absolute Gasteiger partial charge is 0.358 e. The van der Waals surface area contributed by atoms with Crippen LogP contribution in [-0.4, -0.2) is 36.1 Å². The van der Waals surface area contributed by atoms with Gasteiger partial charge in [-0.05, 0) is 12.8 Å². The van der Waals surface area contributed by atoms with E-state index in [0.29, 0.717) is 6.04 Å². The summed E-state index contributed by atoms with van der Waals surface area (Å²) in [6, 6.07) is 0.586. The maximum absolute atomic E-state index is 11.1. The summed E-state index contributed by atoms with van der Waals surface area (Å²) in [5.41, 5.74) is 0.241. The van der Waals surface area contributed by atoms with Crippen molar-refractivity contribution in [3.05, 3.63) is 18.1 Å². The summed E-state index contributed by atoms with van der Waals surface area (Å²) in [7, 11) is 3.31. The molecule has 1 aliphatic rings. The summed E-state index contributed by atoms with van der Waals surface area (Å²) in [6.45, 7) is 0. The Labute approximate surface area is 88.1 Å². The van der Waals surface area contributed by atoms with Gasteiger partial charge >= 0.3 is 5.97 Å². The first-order valence-corrected chi connectivity index (χ1v) is 4.85. The molecule has 5 nitrogen and oxygen atoms in total. The third kappa shape index (κ3) is 2.06. The molecule has 0 bridgehead atoms. The lowest BCUT2D eigenvalue weighted by Crippen LogP contribution is -2.21. The van der Waals surface area contributed by atoms with Gasteiger partial charge in [-0.2, -0.15) is 0 Å². The lowest BCUT2D eigenvalue weighted by atomic mass is 10.4. The lowest BCUT2D eigenvalue weighted by molar-refractivity contribution is 0.0593. The fraction of sp³-hybridized carbons (Fsp3) is 0.500. The van der Waals surface area contributed by atoms with Crippen LogP contribution in [0.5, 0.6) is 0 Å². The molecule has 0 amide bonds. The molecule has 1 aliphatic carbocycles. The van der Waals surface area contributed by atoms with E-state index in [4.69, 9.17) is 0 Å². The number of rotatable bonds is 3. The molecule has 5 heteroatoms. The van der Waals surface area contributed by atoms with Crippen LogP contribution in [0, 0.1) is 0 Å². The zero-order valence-electron chi connectivity index (χ0n) is 8.80. The van der Waals surface area contributed by atoms with Gasteiger partial charge in [-0.1, -0.05) is 0 Å². The molecule has 15 heavy (non-hydrogen) atoms. The van der Waals surface area contributed by atoms with Crippen molar-refractivity contribution in [2.24, 2.45) is 0 Å². The molecule has 80 valence electrons. The maximum atomic E-state index is 11.1. The van der Waals surface area contributed by atoms with Crippen LogP contribution in [0.25, 0.3) is 0 Å². The molecule has 0 saturated heterocycles. The fourth-order valence-electron chi connectivity index (χ4n) is 1.36. The van der Waals surface area contributed by atoms with Crippen LogP contribution in [0.4, 0.5) is 5.82 Å². The molecule has 1 saturated carbocycles. The second-order valence-corrected chi connectivity index (χ2v) is 3.59. The van der Waals surface area contributed by atoms with Crippen molar-refractivity contribution in [1.29, 1.82) is 0 Å². The van der Waals surface area contributed by atoms with E-state index in [1.165, 1.54) is 26.1 Å². The number of ether oxygens (including phenoxy) is 1. The molecular formula is C10H13N3O2. The number of nitrogens with zero attached hydrogens (tertiary/aromatic N) is 3. The Kier molecular flexibility index (Phi) is 2.53. The van der Waals surface area contributed by atoms with Crippen molar-refractivity contribution in [2.45, 2.75) is 18.9 Å². The largest absolute Gasteiger partial charge is 0.464 e. The van der Waals surface area contributed by atoms with Crippen LogP contribution in [0.2, 0.25) is 0 Å². The van der Waals surface area contributed by atoms with Gasteiger partial charge in [0.05, 0.1) is 19.5 Å². The molecule has 1 aromatic rings. The minimum atomic E-state index is -0.455. The summed E-state index contributed by atoms with van der Waals surface area (Å²) in [4.78, 5) is 21.4. The van der Waals surface area contributed by atoms with Gasteiger partial charge in [0.25, 0.3) is 0 Å². The monoisotopic (exact) mass is 207 g/mol. The lowest BCUT2D eigenvalue weighted by Gasteiger charge is -2.16. The third-order valence-corrected chi connectivity index (χ3v) is 2.49. The molecule has 2 rings (SSSR count). The molecule has 0 unspecified atom stereocenters. The number of aromatic nitrogens is 2. The van der Waals surface area contributed by atoms with Crippen molar-refractivity contribution < 1.29 is 9.53 Å². The van der Waals surface area contributed by atoms with Crippen LogP contribution in [-0.2, 0) is 4.74 Å². The minimum absolute atomic E-state index is 0.241. The van der Waals surface area contributed by atoms with Gasteiger partial charge < -0.3 is 9.64 Å². The Balaban J connectivity index is 2.12. The van der Waals surface area contributed by atoms with Crippen molar-refractivity contribution in [3.63, 3.8) is 0 Å². The number of methoxy groups -OCH3 is 1. The Morgan fingerprint density at radius 1 is 1.47 bits per heavy atom. The first-order chi connectivity index (χ1) is 7.22. The van der Waals surface area contributed by atoms with Crippen molar-refractivity contribution >= 4 is 11.8 Å². The van der Waals surface area contributed by atoms with Gasteiger partial charge in [0.1, 0.15) is 5.82 Å². The highest BCUT2D eigenvalue weighted by Gasteiger charge is 2.27. The predicted octanol–water partition coefficient (Wildman–Crippen LogP) is 0.862. The van der Waals surface area contributed by atoms with E-state index < -0.39 is 5.97 Å². The first-order valence-electron chi connectivity index (χ1n) is 4.85. The van der Waals surface area contributed by atoms with E-state index in [-0.39, 0.29) is 5.69 Å². The number of anilines is 1. The van der Waals surface area contributed by atoms with Crippen molar-refractivity contribution in [1.82, 2.24) is 9.97 Å².